The first-order valence-electron chi connectivity index (χ1n) is 7.73. The standard InChI is InChI=1S/C19H18O4/c1-2-18(20)22-10-9-13-7-8-17-16(11-13)19(21)15-6-4-3-5-14(15)12-23-17/h3-8,11H,2,9-10,12H2,1H3. The lowest BCUT2D eigenvalue weighted by atomic mass is 9.97. The Balaban J connectivity index is 1.83. The van der Waals surface area contributed by atoms with Crippen molar-refractivity contribution in [2.24, 2.45) is 0 Å². The predicted molar refractivity (Wildman–Crippen MR) is 85.6 cm³/mol. The van der Waals surface area contributed by atoms with Crippen molar-refractivity contribution < 1.29 is 19.1 Å². The highest BCUT2D eigenvalue weighted by Gasteiger charge is 2.22. The molecule has 0 amide bonds. The maximum Gasteiger partial charge on any atom is 0.305 e. The number of carbonyl (C=O) groups is 2. The van der Waals surface area contributed by atoms with Crippen LogP contribution in [0.4, 0.5) is 0 Å². The van der Waals surface area contributed by atoms with Gasteiger partial charge < -0.3 is 9.47 Å². The van der Waals surface area contributed by atoms with Gasteiger partial charge in [-0.2, -0.15) is 0 Å². The van der Waals surface area contributed by atoms with Crippen LogP contribution >= 0.6 is 0 Å². The highest BCUT2D eigenvalue weighted by Crippen LogP contribution is 2.29. The molecule has 0 bridgehead atoms. The minimum absolute atomic E-state index is 0.0273. The van der Waals surface area contributed by atoms with Crippen LogP contribution in [0.2, 0.25) is 0 Å². The van der Waals surface area contributed by atoms with Gasteiger partial charge in [-0.15, -0.1) is 0 Å². The van der Waals surface area contributed by atoms with Gasteiger partial charge in [-0.25, -0.2) is 0 Å². The fourth-order valence-corrected chi connectivity index (χ4v) is 2.59. The van der Waals surface area contributed by atoms with Crippen molar-refractivity contribution in [1.82, 2.24) is 0 Å². The van der Waals surface area contributed by atoms with Crippen LogP contribution < -0.4 is 4.74 Å². The van der Waals surface area contributed by atoms with Crippen molar-refractivity contribution in [3.8, 4) is 5.75 Å². The second-order valence-corrected chi connectivity index (χ2v) is 5.43. The first-order valence-corrected chi connectivity index (χ1v) is 7.73. The summed E-state index contributed by atoms with van der Waals surface area (Å²) in [6.07, 6.45) is 0.946. The zero-order chi connectivity index (χ0) is 16.2. The third-order valence-electron chi connectivity index (χ3n) is 3.88. The lowest BCUT2D eigenvalue weighted by molar-refractivity contribution is -0.143. The van der Waals surface area contributed by atoms with Gasteiger partial charge in [0, 0.05) is 24.0 Å². The van der Waals surface area contributed by atoms with E-state index in [1.807, 2.05) is 42.5 Å². The Hall–Kier alpha value is -2.62. The normalized spacial score (nSPS) is 12.7. The number of esters is 1. The molecule has 3 rings (SSSR count). The Kier molecular flexibility index (Phi) is 4.42. The molecule has 1 aliphatic heterocycles. The summed E-state index contributed by atoms with van der Waals surface area (Å²) in [7, 11) is 0. The zero-order valence-electron chi connectivity index (χ0n) is 13.0. The van der Waals surface area contributed by atoms with E-state index in [-0.39, 0.29) is 11.8 Å². The molecule has 0 radical (unpaired) electrons. The van der Waals surface area contributed by atoms with Crippen molar-refractivity contribution >= 4 is 11.8 Å². The second-order valence-electron chi connectivity index (χ2n) is 5.43. The highest BCUT2D eigenvalue weighted by atomic mass is 16.5. The molecule has 4 nitrogen and oxygen atoms in total. The summed E-state index contributed by atoms with van der Waals surface area (Å²) in [6.45, 7) is 2.47. The Bertz CT molecular complexity index is 749. The van der Waals surface area contributed by atoms with Gasteiger partial charge in [-0.05, 0) is 17.7 Å². The van der Waals surface area contributed by atoms with Gasteiger partial charge in [0.25, 0.3) is 0 Å². The smallest absolute Gasteiger partial charge is 0.305 e. The first-order chi connectivity index (χ1) is 11.2. The summed E-state index contributed by atoms with van der Waals surface area (Å²) >= 11 is 0. The van der Waals surface area contributed by atoms with Crippen LogP contribution in [0.15, 0.2) is 42.5 Å². The quantitative estimate of drug-likeness (QED) is 0.813. The molecular formula is C19H18O4. The summed E-state index contributed by atoms with van der Waals surface area (Å²) in [6, 6.07) is 13.0. The number of hydrogen-bond donors (Lipinski definition) is 0. The van der Waals surface area contributed by atoms with E-state index in [1.54, 1.807) is 6.92 Å². The van der Waals surface area contributed by atoms with Crippen LogP contribution in [0.5, 0.6) is 5.75 Å². The molecule has 0 N–H and O–H groups in total. The van der Waals surface area contributed by atoms with E-state index >= 15 is 0 Å². The molecule has 0 atom stereocenters. The molecule has 0 aliphatic carbocycles. The van der Waals surface area contributed by atoms with Crippen LogP contribution in [-0.4, -0.2) is 18.4 Å². The molecule has 0 spiro atoms. The highest BCUT2D eigenvalue weighted by molar-refractivity contribution is 6.12. The Morgan fingerprint density at radius 1 is 1.17 bits per heavy atom. The molecule has 1 aliphatic rings. The number of hydrogen-bond acceptors (Lipinski definition) is 4. The molecule has 0 aromatic heterocycles. The van der Waals surface area contributed by atoms with Gasteiger partial charge in [0.05, 0.1) is 12.2 Å². The second kappa shape index (κ2) is 6.65. The van der Waals surface area contributed by atoms with E-state index in [0.717, 1.165) is 11.1 Å². The fourth-order valence-electron chi connectivity index (χ4n) is 2.59. The van der Waals surface area contributed by atoms with Gasteiger partial charge >= 0.3 is 5.97 Å². The van der Waals surface area contributed by atoms with E-state index in [1.165, 1.54) is 0 Å². The third-order valence-corrected chi connectivity index (χ3v) is 3.88. The summed E-state index contributed by atoms with van der Waals surface area (Å²) in [5.41, 5.74) is 3.09. The van der Waals surface area contributed by atoms with E-state index < -0.39 is 0 Å². The van der Waals surface area contributed by atoms with E-state index in [4.69, 9.17) is 9.47 Å². The van der Waals surface area contributed by atoms with Crippen LogP contribution in [0.3, 0.4) is 0 Å². The molecule has 1 heterocycles. The number of benzene rings is 2. The summed E-state index contributed by atoms with van der Waals surface area (Å²) in [5.74, 6) is 0.356. The predicted octanol–water partition coefficient (Wildman–Crippen LogP) is 3.31. The van der Waals surface area contributed by atoms with Crippen LogP contribution in [0.1, 0.15) is 40.4 Å². The van der Waals surface area contributed by atoms with Gasteiger partial charge in [-0.3, -0.25) is 9.59 Å². The van der Waals surface area contributed by atoms with Crippen molar-refractivity contribution in [1.29, 1.82) is 0 Å². The molecule has 2 aromatic carbocycles. The SMILES string of the molecule is CCC(=O)OCCc1ccc2c(c1)C(=O)c1ccccc1CO2. The van der Waals surface area contributed by atoms with Gasteiger partial charge in [0.15, 0.2) is 5.78 Å². The van der Waals surface area contributed by atoms with Gasteiger partial charge in [0.1, 0.15) is 12.4 Å². The van der Waals surface area contributed by atoms with Gasteiger partial charge in [0.2, 0.25) is 0 Å². The van der Waals surface area contributed by atoms with Crippen LogP contribution in [0, 0.1) is 0 Å². The molecule has 23 heavy (non-hydrogen) atoms. The maximum atomic E-state index is 12.7. The minimum atomic E-state index is -0.215. The largest absolute Gasteiger partial charge is 0.488 e. The van der Waals surface area contributed by atoms with E-state index in [0.29, 0.717) is 42.9 Å². The van der Waals surface area contributed by atoms with Crippen molar-refractivity contribution in [3.63, 3.8) is 0 Å². The number of rotatable bonds is 4. The topological polar surface area (TPSA) is 52.6 Å². The van der Waals surface area contributed by atoms with Crippen molar-refractivity contribution in [3.05, 3.63) is 64.7 Å². The monoisotopic (exact) mass is 310 g/mol. The first kappa shape index (κ1) is 15.3. The van der Waals surface area contributed by atoms with Crippen molar-refractivity contribution in [2.45, 2.75) is 26.4 Å². The van der Waals surface area contributed by atoms with E-state index in [9.17, 15) is 9.59 Å². The number of carbonyl (C=O) groups excluding carboxylic acids is 2. The molecular weight excluding hydrogens is 292 g/mol. The maximum absolute atomic E-state index is 12.7. The Labute approximate surface area is 135 Å². The lowest BCUT2D eigenvalue weighted by Crippen LogP contribution is -2.07. The van der Waals surface area contributed by atoms with Crippen molar-refractivity contribution in [2.75, 3.05) is 6.61 Å². The third kappa shape index (κ3) is 3.26. The minimum Gasteiger partial charge on any atom is -0.488 e. The van der Waals surface area contributed by atoms with E-state index in [2.05, 4.69) is 0 Å². The summed E-state index contributed by atoms with van der Waals surface area (Å²) in [4.78, 5) is 23.9. The number of fused-ring (bicyclic) bond motifs is 2. The summed E-state index contributed by atoms with van der Waals surface area (Å²) in [5, 5.41) is 0. The molecule has 4 heteroatoms. The summed E-state index contributed by atoms with van der Waals surface area (Å²) < 4.78 is 10.8. The Morgan fingerprint density at radius 3 is 2.83 bits per heavy atom. The zero-order valence-corrected chi connectivity index (χ0v) is 13.0. The molecule has 0 unspecified atom stereocenters. The average Bonchev–Trinajstić information content (AvgIpc) is 2.72. The molecule has 0 fully saturated rings. The van der Waals surface area contributed by atoms with Crippen LogP contribution in [-0.2, 0) is 22.6 Å². The van der Waals surface area contributed by atoms with Gasteiger partial charge in [-0.1, -0.05) is 37.3 Å². The molecule has 118 valence electrons. The Morgan fingerprint density at radius 2 is 2.00 bits per heavy atom. The fraction of sp³-hybridized carbons (Fsp3) is 0.263. The number of ketones is 1. The molecule has 2 aromatic rings. The lowest BCUT2D eigenvalue weighted by Gasteiger charge is -2.09. The average molecular weight is 310 g/mol. The molecule has 0 saturated heterocycles. The molecule has 0 saturated carbocycles. The van der Waals surface area contributed by atoms with Crippen LogP contribution in [0.25, 0.3) is 0 Å². The number of ether oxygens (including phenoxy) is 2.